The smallest absolute Gasteiger partial charge is 0.315 e. The average Bonchev–Trinajstić information content (AvgIpc) is 2.61. The van der Waals surface area contributed by atoms with E-state index in [-0.39, 0.29) is 18.0 Å². The molecule has 1 aromatic rings. The Labute approximate surface area is 149 Å². The number of hydrogen-bond acceptors (Lipinski definition) is 3. The van der Waals surface area contributed by atoms with Crippen LogP contribution in [0, 0.1) is 0 Å². The number of likely N-dealkylation sites (tertiary alicyclic amines) is 1. The molecule has 1 aromatic carbocycles. The summed E-state index contributed by atoms with van der Waals surface area (Å²) in [4.78, 5) is 26.4. The first-order chi connectivity index (χ1) is 12.0. The molecule has 3 amide bonds. The topological polar surface area (TPSA) is 70.7 Å². The highest BCUT2D eigenvalue weighted by Crippen LogP contribution is 2.17. The Bertz CT molecular complexity index is 574. The number of benzene rings is 1. The van der Waals surface area contributed by atoms with Crippen molar-refractivity contribution in [1.29, 1.82) is 0 Å². The van der Waals surface area contributed by atoms with E-state index >= 15 is 0 Å². The van der Waals surface area contributed by atoms with E-state index in [4.69, 9.17) is 4.74 Å². The van der Waals surface area contributed by atoms with Crippen LogP contribution in [0.5, 0.6) is 0 Å². The second kappa shape index (κ2) is 9.42. The largest absolute Gasteiger partial charge is 0.380 e. The van der Waals surface area contributed by atoms with Crippen molar-refractivity contribution in [3.05, 3.63) is 35.4 Å². The van der Waals surface area contributed by atoms with Crippen LogP contribution < -0.4 is 10.6 Å². The number of methoxy groups -OCH3 is 1. The van der Waals surface area contributed by atoms with Gasteiger partial charge in [0.25, 0.3) is 0 Å². The van der Waals surface area contributed by atoms with Crippen LogP contribution in [0.25, 0.3) is 0 Å². The zero-order valence-electron chi connectivity index (χ0n) is 15.4. The van der Waals surface area contributed by atoms with Gasteiger partial charge in [0.2, 0.25) is 5.91 Å². The minimum absolute atomic E-state index is 0.00808. The van der Waals surface area contributed by atoms with Crippen molar-refractivity contribution in [2.75, 3.05) is 13.7 Å². The maximum absolute atomic E-state index is 12.5. The molecule has 138 valence electrons. The van der Waals surface area contributed by atoms with Crippen LogP contribution in [0.2, 0.25) is 0 Å². The SMILES string of the molecule is COCc1ccc(CNC(=O)N[C@H](C)C(=O)N2CCCC[C@@H]2C)cc1. The fraction of sp³-hybridized carbons (Fsp3) is 0.579. The molecule has 1 saturated heterocycles. The summed E-state index contributed by atoms with van der Waals surface area (Å²) >= 11 is 0. The van der Waals surface area contributed by atoms with Crippen molar-refractivity contribution in [2.45, 2.75) is 58.3 Å². The van der Waals surface area contributed by atoms with Crippen LogP contribution in [0.1, 0.15) is 44.2 Å². The van der Waals surface area contributed by atoms with E-state index in [0.717, 1.165) is 36.9 Å². The van der Waals surface area contributed by atoms with Gasteiger partial charge in [-0.1, -0.05) is 24.3 Å². The lowest BCUT2D eigenvalue weighted by Gasteiger charge is -2.35. The number of rotatable bonds is 6. The lowest BCUT2D eigenvalue weighted by atomic mass is 10.0. The maximum Gasteiger partial charge on any atom is 0.315 e. The van der Waals surface area contributed by atoms with Gasteiger partial charge >= 0.3 is 6.03 Å². The molecule has 1 fully saturated rings. The van der Waals surface area contributed by atoms with Gasteiger partial charge in [-0.3, -0.25) is 4.79 Å². The van der Waals surface area contributed by atoms with Gasteiger partial charge in [-0.25, -0.2) is 4.79 Å². The van der Waals surface area contributed by atoms with E-state index in [9.17, 15) is 9.59 Å². The van der Waals surface area contributed by atoms with E-state index in [0.29, 0.717) is 13.2 Å². The van der Waals surface area contributed by atoms with Gasteiger partial charge < -0.3 is 20.3 Å². The minimum Gasteiger partial charge on any atom is -0.380 e. The Morgan fingerprint density at radius 2 is 1.92 bits per heavy atom. The van der Waals surface area contributed by atoms with Gasteiger partial charge in [0.1, 0.15) is 6.04 Å². The fourth-order valence-corrected chi connectivity index (χ4v) is 3.09. The summed E-state index contributed by atoms with van der Waals surface area (Å²) in [6, 6.07) is 7.26. The molecular formula is C19H29N3O3. The summed E-state index contributed by atoms with van der Waals surface area (Å²) in [5.41, 5.74) is 2.09. The summed E-state index contributed by atoms with van der Waals surface area (Å²) in [6.45, 7) is 5.57. The third-order valence-corrected chi connectivity index (χ3v) is 4.59. The first kappa shape index (κ1) is 19.2. The van der Waals surface area contributed by atoms with E-state index in [1.54, 1.807) is 14.0 Å². The molecule has 1 aliphatic rings. The Kier molecular flexibility index (Phi) is 7.25. The van der Waals surface area contributed by atoms with Crippen LogP contribution in [-0.4, -0.2) is 42.6 Å². The first-order valence-electron chi connectivity index (χ1n) is 8.93. The number of carbonyl (C=O) groups excluding carboxylic acids is 2. The molecule has 0 aromatic heterocycles. The Hall–Kier alpha value is -2.08. The first-order valence-corrected chi connectivity index (χ1v) is 8.93. The van der Waals surface area contributed by atoms with E-state index in [1.807, 2.05) is 29.2 Å². The molecule has 6 heteroatoms. The highest BCUT2D eigenvalue weighted by molar-refractivity contribution is 5.87. The summed E-state index contributed by atoms with van der Waals surface area (Å²) in [5, 5.41) is 5.54. The molecule has 2 N–H and O–H groups in total. The van der Waals surface area contributed by atoms with Crippen LogP contribution in [-0.2, 0) is 22.7 Å². The summed E-state index contributed by atoms with van der Waals surface area (Å²) < 4.78 is 5.07. The molecule has 0 unspecified atom stereocenters. The third kappa shape index (κ3) is 5.74. The van der Waals surface area contributed by atoms with E-state index in [2.05, 4.69) is 17.6 Å². The summed E-state index contributed by atoms with van der Waals surface area (Å²) in [5.74, 6) is -0.00808. The summed E-state index contributed by atoms with van der Waals surface area (Å²) in [6.07, 6.45) is 3.23. The Balaban J connectivity index is 1.77. The Morgan fingerprint density at radius 3 is 2.56 bits per heavy atom. The molecule has 0 aliphatic carbocycles. The van der Waals surface area contributed by atoms with Gasteiger partial charge in [-0.15, -0.1) is 0 Å². The molecule has 25 heavy (non-hydrogen) atoms. The number of urea groups is 1. The van der Waals surface area contributed by atoms with Crippen molar-refractivity contribution in [3.8, 4) is 0 Å². The molecule has 1 heterocycles. The second-order valence-corrected chi connectivity index (χ2v) is 6.67. The number of amides is 3. The predicted octanol–water partition coefficient (Wildman–Crippen LogP) is 2.42. The zero-order valence-corrected chi connectivity index (χ0v) is 15.4. The monoisotopic (exact) mass is 347 g/mol. The van der Waals surface area contributed by atoms with E-state index < -0.39 is 6.04 Å². The van der Waals surface area contributed by atoms with Crippen LogP contribution in [0.15, 0.2) is 24.3 Å². The molecule has 0 radical (unpaired) electrons. The predicted molar refractivity (Wildman–Crippen MR) is 97.0 cm³/mol. The summed E-state index contributed by atoms with van der Waals surface area (Å²) in [7, 11) is 1.66. The van der Waals surface area contributed by atoms with Gasteiger partial charge in [0.15, 0.2) is 0 Å². The van der Waals surface area contributed by atoms with Crippen LogP contribution in [0.3, 0.4) is 0 Å². The highest BCUT2D eigenvalue weighted by atomic mass is 16.5. The molecule has 0 bridgehead atoms. The van der Waals surface area contributed by atoms with Crippen molar-refractivity contribution < 1.29 is 14.3 Å². The highest BCUT2D eigenvalue weighted by Gasteiger charge is 2.27. The number of ether oxygens (including phenoxy) is 1. The number of piperidine rings is 1. The van der Waals surface area contributed by atoms with Gasteiger partial charge in [-0.05, 0) is 44.2 Å². The van der Waals surface area contributed by atoms with Crippen LogP contribution in [0.4, 0.5) is 4.79 Å². The molecule has 2 rings (SSSR count). The normalized spacial score (nSPS) is 18.5. The van der Waals surface area contributed by atoms with Crippen molar-refractivity contribution >= 4 is 11.9 Å². The van der Waals surface area contributed by atoms with Crippen LogP contribution >= 0.6 is 0 Å². The zero-order chi connectivity index (χ0) is 18.2. The second-order valence-electron chi connectivity index (χ2n) is 6.67. The minimum atomic E-state index is -0.523. The lowest BCUT2D eigenvalue weighted by Crippen LogP contribution is -2.53. The van der Waals surface area contributed by atoms with Gasteiger partial charge in [0.05, 0.1) is 6.61 Å². The average molecular weight is 347 g/mol. The Morgan fingerprint density at radius 1 is 1.24 bits per heavy atom. The van der Waals surface area contributed by atoms with Gasteiger partial charge in [0, 0.05) is 26.2 Å². The quantitative estimate of drug-likeness (QED) is 0.830. The maximum atomic E-state index is 12.5. The molecule has 0 saturated carbocycles. The molecule has 0 spiro atoms. The molecule has 6 nitrogen and oxygen atoms in total. The number of nitrogens with one attached hydrogen (secondary N) is 2. The standard InChI is InChI=1S/C19H29N3O3/c1-14-6-4-5-11-22(14)18(23)15(2)21-19(24)20-12-16-7-9-17(10-8-16)13-25-3/h7-10,14-15H,4-6,11-13H2,1-3H3,(H2,20,21,24)/t14-,15+/m0/s1. The number of nitrogens with zero attached hydrogens (tertiary/aromatic N) is 1. The van der Waals surface area contributed by atoms with Crippen molar-refractivity contribution in [3.63, 3.8) is 0 Å². The number of hydrogen-bond donors (Lipinski definition) is 2. The van der Waals surface area contributed by atoms with Gasteiger partial charge in [-0.2, -0.15) is 0 Å². The third-order valence-electron chi connectivity index (χ3n) is 4.59. The molecule has 1 aliphatic heterocycles. The van der Waals surface area contributed by atoms with E-state index in [1.165, 1.54) is 0 Å². The van der Waals surface area contributed by atoms with Crippen molar-refractivity contribution in [1.82, 2.24) is 15.5 Å². The lowest BCUT2D eigenvalue weighted by molar-refractivity contribution is -0.136. The molecular weight excluding hydrogens is 318 g/mol. The molecule has 2 atom stereocenters. The fourth-order valence-electron chi connectivity index (χ4n) is 3.09. The number of carbonyl (C=O) groups is 2. The van der Waals surface area contributed by atoms with Crippen molar-refractivity contribution in [2.24, 2.45) is 0 Å².